The maximum atomic E-state index is 14.0. The summed E-state index contributed by atoms with van der Waals surface area (Å²) in [5, 5.41) is 6.40. The van der Waals surface area contributed by atoms with E-state index < -0.39 is 12.1 Å². The van der Waals surface area contributed by atoms with E-state index in [4.69, 9.17) is 14.2 Å². The fourth-order valence-electron chi connectivity index (χ4n) is 6.56. The number of rotatable bonds is 9. The molecule has 9 heteroatoms. The zero-order valence-electron chi connectivity index (χ0n) is 27.0. The first-order valence-electron chi connectivity index (χ1n) is 15.6. The Morgan fingerprint density at radius 2 is 1.69 bits per heavy atom. The number of carbonyl (C=O) groups is 2. The first-order valence-corrected chi connectivity index (χ1v) is 15.6. The van der Waals surface area contributed by atoms with E-state index in [0.29, 0.717) is 54.4 Å². The molecule has 0 fully saturated rings. The van der Waals surface area contributed by atoms with E-state index in [-0.39, 0.29) is 23.2 Å². The van der Waals surface area contributed by atoms with E-state index in [1.165, 1.54) is 12.5 Å². The molecule has 0 saturated heterocycles. The van der Waals surface area contributed by atoms with Gasteiger partial charge in [-0.1, -0.05) is 50.6 Å². The van der Waals surface area contributed by atoms with Crippen LogP contribution in [-0.4, -0.2) is 50.6 Å². The molecular formula is C36H43N3O6. The summed E-state index contributed by atoms with van der Waals surface area (Å²) in [6.45, 7) is 6.73. The molecule has 0 radical (unpaired) electrons. The van der Waals surface area contributed by atoms with Crippen LogP contribution < -0.4 is 30.3 Å². The first kappa shape index (κ1) is 31.9. The summed E-state index contributed by atoms with van der Waals surface area (Å²) in [4.78, 5) is 42.2. The number of nitrogens with one attached hydrogen (secondary N) is 2. The van der Waals surface area contributed by atoms with E-state index in [2.05, 4.69) is 22.8 Å². The Hall–Kier alpha value is -4.53. The molecule has 3 aromatic rings. The van der Waals surface area contributed by atoms with Crippen molar-refractivity contribution in [2.45, 2.75) is 65.1 Å². The van der Waals surface area contributed by atoms with Gasteiger partial charge in [-0.15, -0.1) is 0 Å². The number of methoxy groups -OCH3 is 3. The molecule has 5 rings (SSSR count). The highest BCUT2D eigenvalue weighted by Crippen LogP contribution is 2.50. The number of ether oxygens (including phenoxy) is 3. The smallest absolute Gasteiger partial charge is 0.245 e. The van der Waals surface area contributed by atoms with Crippen molar-refractivity contribution >= 4 is 17.5 Å². The Morgan fingerprint density at radius 3 is 2.36 bits per heavy atom. The summed E-state index contributed by atoms with van der Waals surface area (Å²) >= 11 is 0. The Bertz CT molecular complexity index is 1650. The highest BCUT2D eigenvalue weighted by molar-refractivity contribution is 5.86. The van der Waals surface area contributed by atoms with Crippen molar-refractivity contribution < 1.29 is 23.8 Å². The lowest BCUT2D eigenvalue weighted by atomic mass is 9.95. The monoisotopic (exact) mass is 613 g/mol. The molecule has 1 heterocycles. The molecule has 238 valence electrons. The molecule has 0 aromatic heterocycles. The molecule has 0 saturated carbocycles. The number of aryl methyl sites for hydroxylation is 1. The lowest BCUT2D eigenvalue weighted by Crippen LogP contribution is -2.48. The largest absolute Gasteiger partial charge is 0.493 e. The molecule has 1 aliphatic heterocycles. The van der Waals surface area contributed by atoms with Crippen molar-refractivity contribution in [3.05, 3.63) is 81.0 Å². The van der Waals surface area contributed by atoms with Crippen molar-refractivity contribution in [1.82, 2.24) is 10.2 Å². The summed E-state index contributed by atoms with van der Waals surface area (Å²) in [5.74, 6) is 1.23. The third-order valence-electron chi connectivity index (χ3n) is 9.15. The van der Waals surface area contributed by atoms with Crippen LogP contribution in [0.15, 0.2) is 53.3 Å². The van der Waals surface area contributed by atoms with E-state index in [0.717, 1.165) is 35.1 Å². The van der Waals surface area contributed by atoms with Crippen LogP contribution in [0.1, 0.15) is 61.9 Å². The summed E-state index contributed by atoms with van der Waals surface area (Å²) in [6.07, 6.45) is 2.73. The van der Waals surface area contributed by atoms with Gasteiger partial charge in [-0.25, -0.2) is 0 Å². The average molecular weight is 614 g/mol. The van der Waals surface area contributed by atoms with Crippen molar-refractivity contribution in [2.24, 2.45) is 5.92 Å². The van der Waals surface area contributed by atoms with Gasteiger partial charge in [0.1, 0.15) is 6.04 Å². The molecule has 3 atom stereocenters. The van der Waals surface area contributed by atoms with Gasteiger partial charge in [-0.3, -0.25) is 14.4 Å². The minimum Gasteiger partial charge on any atom is -0.493 e. The fourth-order valence-corrected chi connectivity index (χ4v) is 6.56. The fraction of sp³-hybridized carbons (Fsp3) is 0.417. The van der Waals surface area contributed by atoms with Crippen molar-refractivity contribution in [1.29, 1.82) is 0 Å². The van der Waals surface area contributed by atoms with Crippen molar-refractivity contribution in [2.75, 3.05) is 33.2 Å². The number of anilines is 1. The van der Waals surface area contributed by atoms with E-state index >= 15 is 0 Å². The second-order valence-electron chi connectivity index (χ2n) is 11.9. The molecule has 2 N–H and O–H groups in total. The van der Waals surface area contributed by atoms with Crippen LogP contribution in [0.2, 0.25) is 0 Å². The van der Waals surface area contributed by atoms with Gasteiger partial charge in [-0.05, 0) is 71.2 Å². The number of nitrogens with zero attached hydrogens (tertiary/aromatic N) is 1. The summed E-state index contributed by atoms with van der Waals surface area (Å²) in [7, 11) is 4.71. The zero-order valence-corrected chi connectivity index (χ0v) is 27.0. The van der Waals surface area contributed by atoms with Gasteiger partial charge >= 0.3 is 0 Å². The quantitative estimate of drug-likeness (QED) is 0.339. The van der Waals surface area contributed by atoms with Crippen molar-refractivity contribution in [3.63, 3.8) is 0 Å². The minimum atomic E-state index is -0.590. The van der Waals surface area contributed by atoms with Crippen LogP contribution in [0.25, 0.3) is 11.1 Å². The molecule has 2 aliphatic rings. The third kappa shape index (κ3) is 6.34. The molecule has 1 aliphatic carbocycles. The zero-order chi connectivity index (χ0) is 32.2. The summed E-state index contributed by atoms with van der Waals surface area (Å²) < 4.78 is 17.2. The molecule has 9 nitrogen and oxygen atoms in total. The van der Waals surface area contributed by atoms with Gasteiger partial charge in [0.05, 0.1) is 33.1 Å². The molecule has 0 bridgehead atoms. The van der Waals surface area contributed by atoms with Crippen LogP contribution >= 0.6 is 0 Å². The van der Waals surface area contributed by atoms with Crippen molar-refractivity contribution in [3.8, 4) is 28.4 Å². The van der Waals surface area contributed by atoms with Crippen LogP contribution in [0.4, 0.5) is 5.69 Å². The second kappa shape index (κ2) is 13.6. The van der Waals surface area contributed by atoms with Gasteiger partial charge in [0, 0.05) is 25.6 Å². The highest BCUT2D eigenvalue weighted by Gasteiger charge is 2.32. The number of hydrogen-bond donors (Lipinski definition) is 2. The number of amides is 2. The molecular weight excluding hydrogens is 570 g/mol. The highest BCUT2D eigenvalue weighted by atomic mass is 16.5. The summed E-state index contributed by atoms with van der Waals surface area (Å²) in [6, 6.07) is 14.3. The molecule has 45 heavy (non-hydrogen) atoms. The molecule has 2 amide bonds. The maximum Gasteiger partial charge on any atom is 0.245 e. The third-order valence-corrected chi connectivity index (χ3v) is 9.15. The van der Waals surface area contributed by atoms with E-state index in [1.807, 2.05) is 43.0 Å². The van der Waals surface area contributed by atoms with Crippen LogP contribution in [-0.2, 0) is 29.0 Å². The molecule has 3 unspecified atom stereocenters. The van der Waals surface area contributed by atoms with Gasteiger partial charge in [0.15, 0.2) is 11.5 Å². The van der Waals surface area contributed by atoms with Gasteiger partial charge in [0.2, 0.25) is 23.0 Å². The predicted octanol–water partition coefficient (Wildman–Crippen LogP) is 5.27. The Labute approximate surface area is 264 Å². The van der Waals surface area contributed by atoms with Crippen LogP contribution in [0, 0.1) is 5.92 Å². The van der Waals surface area contributed by atoms with Crippen LogP contribution in [0.3, 0.4) is 0 Å². The SMILES string of the molecule is CCC(C)C(Nc1ccc2c(cc1=O)C(NC(C)=O)CCc1cc(OC)c(OC)c(OC)c1-2)C(=O)N1CCc2ccccc2C1. The predicted molar refractivity (Wildman–Crippen MR) is 175 cm³/mol. The average Bonchev–Trinajstić information content (AvgIpc) is 3.29. The van der Waals surface area contributed by atoms with Gasteiger partial charge in [0.25, 0.3) is 0 Å². The first-order chi connectivity index (χ1) is 21.7. The van der Waals surface area contributed by atoms with Crippen LogP contribution in [0.5, 0.6) is 17.2 Å². The number of carbonyl (C=O) groups excluding carboxylic acids is 2. The van der Waals surface area contributed by atoms with E-state index in [9.17, 15) is 14.4 Å². The Kier molecular flexibility index (Phi) is 9.65. The number of benzene rings is 2. The normalized spacial score (nSPS) is 16.6. The molecule has 3 aromatic carbocycles. The topological polar surface area (TPSA) is 106 Å². The minimum absolute atomic E-state index is 0.0220. The second-order valence-corrected chi connectivity index (χ2v) is 11.9. The van der Waals surface area contributed by atoms with Gasteiger partial charge < -0.3 is 29.7 Å². The lowest BCUT2D eigenvalue weighted by molar-refractivity contribution is -0.134. The summed E-state index contributed by atoms with van der Waals surface area (Å²) in [5.41, 5.74) is 5.62. The lowest BCUT2D eigenvalue weighted by Gasteiger charge is -2.34. The Balaban J connectivity index is 1.60. The van der Waals surface area contributed by atoms with E-state index in [1.54, 1.807) is 33.5 Å². The Morgan fingerprint density at radius 1 is 0.956 bits per heavy atom. The number of fused-ring (bicyclic) bond motifs is 4. The number of hydrogen-bond acceptors (Lipinski definition) is 7. The van der Waals surface area contributed by atoms with Gasteiger partial charge in [-0.2, -0.15) is 0 Å². The molecule has 0 spiro atoms. The maximum absolute atomic E-state index is 14.0. The standard InChI is InChI=1S/C36H43N3O6/c1-7-21(2)33(36(42)39-17-16-23-10-8-9-11-25(23)20-39)38-29-15-13-26-27(19-30(29)41)28(37-22(3)40)14-12-24-18-31(43-4)34(44-5)35(45-6)32(24)26/h8-11,13,15,18-19,21,28,33H,7,12,14,16-17,20H2,1-6H3,(H,37,40)(H,38,41).